The maximum Gasteiger partial charge on any atom is 0.257 e. The number of amides is 1. The highest BCUT2D eigenvalue weighted by Crippen LogP contribution is 2.22. The molecule has 0 spiro atoms. The van der Waals surface area contributed by atoms with E-state index in [0.29, 0.717) is 19.5 Å². The molecule has 1 heterocycles. The van der Waals surface area contributed by atoms with Crippen LogP contribution < -0.4 is 0 Å². The van der Waals surface area contributed by atoms with E-state index in [0.717, 1.165) is 12.1 Å². The first kappa shape index (κ1) is 13.4. The van der Waals surface area contributed by atoms with Gasteiger partial charge in [-0.25, -0.2) is 8.78 Å². The van der Waals surface area contributed by atoms with E-state index < -0.39 is 17.5 Å². The average Bonchev–Trinajstić information content (AvgIpc) is 2.81. The van der Waals surface area contributed by atoms with E-state index in [-0.39, 0.29) is 16.1 Å². The van der Waals surface area contributed by atoms with Crippen LogP contribution in [0, 0.1) is 11.6 Å². The van der Waals surface area contributed by atoms with Gasteiger partial charge in [0.2, 0.25) is 0 Å². The second-order valence-corrected chi connectivity index (χ2v) is 5.00. The van der Waals surface area contributed by atoms with Crippen LogP contribution in [0.3, 0.4) is 0 Å². The van der Waals surface area contributed by atoms with Gasteiger partial charge in [-0.1, -0.05) is 0 Å². The Morgan fingerprint density at radius 2 is 2.17 bits per heavy atom. The van der Waals surface area contributed by atoms with Crippen LogP contribution >= 0.6 is 15.9 Å². The smallest absolute Gasteiger partial charge is 0.257 e. The lowest BCUT2D eigenvalue weighted by atomic mass is 10.2. The monoisotopic (exact) mass is 319 g/mol. The summed E-state index contributed by atoms with van der Waals surface area (Å²) in [5.41, 5.74) is -0.243. The molecule has 0 bridgehead atoms. The summed E-state index contributed by atoms with van der Waals surface area (Å²) in [6.45, 7) is 0.904. The third-order valence-corrected chi connectivity index (χ3v) is 3.61. The van der Waals surface area contributed by atoms with Crippen molar-refractivity contribution >= 4 is 21.8 Å². The Labute approximate surface area is 112 Å². The van der Waals surface area contributed by atoms with Gasteiger partial charge < -0.3 is 9.64 Å². The fourth-order valence-corrected chi connectivity index (χ4v) is 2.28. The second kappa shape index (κ2) is 5.32. The minimum Gasteiger partial charge on any atom is -0.380 e. The summed E-state index contributed by atoms with van der Waals surface area (Å²) < 4.78 is 32.1. The summed E-state index contributed by atoms with van der Waals surface area (Å²) in [6, 6.07) is 1.88. The number of halogens is 3. The molecule has 0 N–H and O–H groups in total. The highest BCUT2D eigenvalue weighted by atomic mass is 79.9. The lowest BCUT2D eigenvalue weighted by Crippen LogP contribution is -2.30. The molecule has 1 amide bonds. The maximum absolute atomic E-state index is 13.6. The van der Waals surface area contributed by atoms with Gasteiger partial charge in [0, 0.05) is 20.2 Å². The van der Waals surface area contributed by atoms with Crippen molar-refractivity contribution in [3.8, 4) is 0 Å². The van der Waals surface area contributed by atoms with Crippen molar-refractivity contribution in [1.82, 2.24) is 4.90 Å². The van der Waals surface area contributed by atoms with E-state index >= 15 is 0 Å². The zero-order valence-electron chi connectivity index (χ0n) is 9.75. The van der Waals surface area contributed by atoms with E-state index in [1.165, 1.54) is 4.90 Å². The number of rotatable bonds is 2. The number of benzene rings is 1. The van der Waals surface area contributed by atoms with E-state index in [4.69, 9.17) is 4.74 Å². The molecular formula is C12H12BrF2NO2. The maximum atomic E-state index is 13.6. The topological polar surface area (TPSA) is 29.5 Å². The molecule has 6 heteroatoms. The molecule has 2 rings (SSSR count). The van der Waals surface area contributed by atoms with E-state index in [9.17, 15) is 13.6 Å². The molecule has 1 fully saturated rings. The first-order chi connectivity index (χ1) is 8.52. The Morgan fingerprint density at radius 1 is 1.44 bits per heavy atom. The molecular weight excluding hydrogens is 308 g/mol. The number of ether oxygens (including phenoxy) is 1. The Balaban J connectivity index is 2.22. The molecule has 0 saturated carbocycles. The predicted octanol–water partition coefficient (Wildman–Crippen LogP) is 2.59. The van der Waals surface area contributed by atoms with Crippen molar-refractivity contribution in [2.75, 3.05) is 20.2 Å². The molecule has 3 nitrogen and oxygen atoms in total. The van der Waals surface area contributed by atoms with E-state index in [1.54, 1.807) is 7.11 Å². The molecule has 0 radical (unpaired) electrons. The molecule has 1 aliphatic heterocycles. The van der Waals surface area contributed by atoms with Crippen LogP contribution in [-0.2, 0) is 4.74 Å². The van der Waals surface area contributed by atoms with Crippen LogP contribution in [0.2, 0.25) is 0 Å². The minimum absolute atomic E-state index is 0.00717. The number of methoxy groups -OCH3 is 1. The van der Waals surface area contributed by atoms with Crippen LogP contribution in [0.4, 0.5) is 8.78 Å². The summed E-state index contributed by atoms with van der Waals surface area (Å²) in [7, 11) is 1.57. The van der Waals surface area contributed by atoms with Crippen LogP contribution in [0.1, 0.15) is 16.8 Å². The van der Waals surface area contributed by atoms with Gasteiger partial charge in [-0.3, -0.25) is 4.79 Å². The van der Waals surface area contributed by atoms with Crippen molar-refractivity contribution in [2.45, 2.75) is 12.5 Å². The van der Waals surface area contributed by atoms with Crippen molar-refractivity contribution in [1.29, 1.82) is 0 Å². The van der Waals surface area contributed by atoms with Gasteiger partial charge in [-0.05, 0) is 34.5 Å². The fourth-order valence-electron chi connectivity index (χ4n) is 1.96. The number of hydrogen-bond donors (Lipinski definition) is 0. The molecule has 1 aromatic rings. The number of hydrogen-bond acceptors (Lipinski definition) is 2. The number of carbonyl (C=O) groups is 1. The first-order valence-corrected chi connectivity index (χ1v) is 6.29. The molecule has 1 saturated heterocycles. The Morgan fingerprint density at radius 3 is 2.78 bits per heavy atom. The van der Waals surface area contributed by atoms with Crippen molar-refractivity contribution in [3.63, 3.8) is 0 Å². The summed E-state index contributed by atoms with van der Waals surface area (Å²) in [6.07, 6.45) is 0.681. The third kappa shape index (κ3) is 2.54. The molecule has 0 unspecified atom stereocenters. The summed E-state index contributed by atoms with van der Waals surface area (Å²) in [5.74, 6) is -1.88. The zero-order chi connectivity index (χ0) is 13.3. The highest BCUT2D eigenvalue weighted by Gasteiger charge is 2.28. The summed E-state index contributed by atoms with van der Waals surface area (Å²) in [4.78, 5) is 13.5. The molecule has 0 aromatic heterocycles. The van der Waals surface area contributed by atoms with Crippen LogP contribution in [-0.4, -0.2) is 37.1 Å². The Bertz CT molecular complexity index is 481. The summed E-state index contributed by atoms with van der Waals surface area (Å²) >= 11 is 2.87. The molecule has 98 valence electrons. The average molecular weight is 320 g/mol. The number of nitrogens with zero attached hydrogens (tertiary/aromatic N) is 1. The van der Waals surface area contributed by atoms with Gasteiger partial charge in [-0.2, -0.15) is 0 Å². The normalized spacial score (nSPS) is 19.3. The third-order valence-electron chi connectivity index (χ3n) is 3.01. The fraction of sp³-hybridized carbons (Fsp3) is 0.417. The van der Waals surface area contributed by atoms with Gasteiger partial charge in [-0.15, -0.1) is 0 Å². The Kier molecular flexibility index (Phi) is 3.97. The van der Waals surface area contributed by atoms with Gasteiger partial charge in [0.05, 0.1) is 16.1 Å². The first-order valence-electron chi connectivity index (χ1n) is 5.49. The van der Waals surface area contributed by atoms with Crippen LogP contribution in [0.15, 0.2) is 16.6 Å². The largest absolute Gasteiger partial charge is 0.380 e. The molecule has 1 aliphatic rings. The van der Waals surface area contributed by atoms with Gasteiger partial charge in [0.1, 0.15) is 11.6 Å². The van der Waals surface area contributed by atoms with Crippen molar-refractivity contribution < 1.29 is 18.3 Å². The quantitative estimate of drug-likeness (QED) is 0.784. The van der Waals surface area contributed by atoms with E-state index in [1.807, 2.05) is 0 Å². The lowest BCUT2D eigenvalue weighted by Gasteiger charge is -2.16. The van der Waals surface area contributed by atoms with Crippen molar-refractivity contribution in [2.24, 2.45) is 0 Å². The lowest BCUT2D eigenvalue weighted by molar-refractivity contribution is 0.0719. The zero-order valence-corrected chi connectivity index (χ0v) is 11.3. The SMILES string of the molecule is CO[C@@H]1CCN(C(=O)c2cc(F)c(Br)cc2F)C1. The predicted molar refractivity (Wildman–Crippen MR) is 65.4 cm³/mol. The van der Waals surface area contributed by atoms with Crippen LogP contribution in [0.25, 0.3) is 0 Å². The second-order valence-electron chi connectivity index (χ2n) is 4.14. The highest BCUT2D eigenvalue weighted by molar-refractivity contribution is 9.10. The minimum atomic E-state index is -0.728. The van der Waals surface area contributed by atoms with Gasteiger partial charge >= 0.3 is 0 Å². The van der Waals surface area contributed by atoms with Crippen LogP contribution in [0.5, 0.6) is 0 Å². The molecule has 0 aliphatic carbocycles. The molecule has 1 aromatic carbocycles. The van der Waals surface area contributed by atoms with Gasteiger partial charge in [0.25, 0.3) is 5.91 Å². The Hall–Kier alpha value is -1.01. The van der Waals surface area contributed by atoms with Crippen molar-refractivity contribution in [3.05, 3.63) is 33.8 Å². The van der Waals surface area contributed by atoms with E-state index in [2.05, 4.69) is 15.9 Å². The number of carbonyl (C=O) groups excluding carboxylic acids is 1. The van der Waals surface area contributed by atoms with Gasteiger partial charge in [0.15, 0.2) is 0 Å². The summed E-state index contributed by atoms with van der Waals surface area (Å²) in [5, 5.41) is 0. The standard InChI is InChI=1S/C12H12BrF2NO2/c1-18-7-2-3-16(6-7)12(17)8-4-11(15)9(13)5-10(8)14/h4-5,7H,2-3,6H2,1H3/t7-/m1/s1. The molecule has 1 atom stereocenters. The molecule has 18 heavy (non-hydrogen) atoms. The number of likely N-dealkylation sites (tertiary alicyclic amines) is 1.